The molecule has 34 heavy (non-hydrogen) atoms. The molecule has 4 aliphatic heterocycles. The van der Waals surface area contributed by atoms with Gasteiger partial charge in [0.25, 0.3) is 11.8 Å². The predicted molar refractivity (Wildman–Crippen MR) is 130 cm³/mol. The van der Waals surface area contributed by atoms with E-state index in [4.69, 9.17) is 16.3 Å². The average Bonchev–Trinajstić information content (AvgIpc) is 2.79. The molecule has 3 saturated heterocycles. The fourth-order valence-corrected chi connectivity index (χ4v) is 5.16. The van der Waals surface area contributed by atoms with Gasteiger partial charge in [0, 0.05) is 17.6 Å². The monoisotopic (exact) mass is 511 g/mol. The van der Waals surface area contributed by atoms with E-state index in [1.807, 2.05) is 0 Å². The van der Waals surface area contributed by atoms with Gasteiger partial charge in [0.2, 0.25) is 0 Å². The van der Waals surface area contributed by atoms with Crippen LogP contribution in [0.4, 0.5) is 10.1 Å². The summed E-state index contributed by atoms with van der Waals surface area (Å²) in [5.74, 6) is 0.00179. The summed E-state index contributed by atoms with van der Waals surface area (Å²) in [5.41, 5.74) is 1.54. The Balaban J connectivity index is 0.00000162. The smallest absolute Gasteiger partial charge is 0.268 e. The van der Waals surface area contributed by atoms with Gasteiger partial charge in [-0.25, -0.2) is 4.39 Å². The minimum absolute atomic E-state index is 0. The largest absolute Gasteiger partial charge is 0.478 e. The van der Waals surface area contributed by atoms with Crippen molar-refractivity contribution < 1.29 is 24.2 Å². The van der Waals surface area contributed by atoms with Gasteiger partial charge in [0.05, 0.1) is 17.8 Å². The molecule has 2 amide bonds. The van der Waals surface area contributed by atoms with Crippen molar-refractivity contribution in [2.24, 2.45) is 5.92 Å². The van der Waals surface area contributed by atoms with Crippen molar-refractivity contribution in [3.05, 3.63) is 58.4 Å². The molecule has 2 aromatic carbocycles. The maximum atomic E-state index is 13.3. The first-order chi connectivity index (χ1) is 15.4. The summed E-state index contributed by atoms with van der Waals surface area (Å²) >= 11 is 6.37. The average molecular weight is 512 g/mol. The Morgan fingerprint density at radius 2 is 1.88 bits per heavy atom. The Bertz CT molecular complexity index is 1060. The number of ether oxygens (including phenoxy) is 1. The number of amides is 2. The van der Waals surface area contributed by atoms with E-state index in [1.54, 1.807) is 36.1 Å². The van der Waals surface area contributed by atoms with Crippen molar-refractivity contribution in [1.82, 2.24) is 10.2 Å². The van der Waals surface area contributed by atoms with Crippen LogP contribution in [0, 0.1) is 11.7 Å². The number of benzene rings is 2. The molecule has 10 heteroatoms. The van der Waals surface area contributed by atoms with E-state index in [9.17, 15) is 14.0 Å². The van der Waals surface area contributed by atoms with Crippen LogP contribution in [0.3, 0.4) is 0 Å². The quantitative estimate of drug-likeness (QED) is 0.681. The molecule has 3 fully saturated rings. The molecule has 7 nitrogen and oxygen atoms in total. The molecular formula is C24H28Cl2FN3O4. The lowest BCUT2D eigenvalue weighted by atomic mass is 9.84. The number of hydrogen-bond donors (Lipinski definition) is 1. The maximum absolute atomic E-state index is 13.3. The van der Waals surface area contributed by atoms with Gasteiger partial charge in [-0.05, 0) is 68.6 Å². The number of hydrogen-bond acceptors (Lipinski definition) is 4. The summed E-state index contributed by atoms with van der Waals surface area (Å²) in [7, 11) is 0. The molecule has 0 radical (unpaired) electrons. The Hall–Kier alpha value is -2.39. The van der Waals surface area contributed by atoms with E-state index in [-0.39, 0.29) is 48.1 Å². The normalized spacial score (nSPS) is 24.9. The highest BCUT2D eigenvalue weighted by molar-refractivity contribution is 6.31. The number of carbonyl (C=O) groups is 2. The summed E-state index contributed by atoms with van der Waals surface area (Å²) in [6.45, 7) is 4.91. The van der Waals surface area contributed by atoms with Gasteiger partial charge in [-0.15, -0.1) is 12.4 Å². The molecule has 2 atom stereocenters. The third kappa shape index (κ3) is 5.00. The Labute approximate surface area is 208 Å². The van der Waals surface area contributed by atoms with Gasteiger partial charge in [-0.1, -0.05) is 23.7 Å². The van der Waals surface area contributed by atoms with Gasteiger partial charge >= 0.3 is 0 Å². The number of anilines is 1. The fourth-order valence-electron chi connectivity index (χ4n) is 4.95. The predicted octanol–water partition coefficient (Wildman–Crippen LogP) is 3.21. The van der Waals surface area contributed by atoms with E-state index in [2.05, 4.69) is 10.2 Å². The first-order valence-electron chi connectivity index (χ1n) is 11.0. The van der Waals surface area contributed by atoms with Gasteiger partial charge in [0.1, 0.15) is 5.82 Å². The highest BCUT2D eigenvalue weighted by Gasteiger charge is 2.38. The van der Waals surface area contributed by atoms with E-state index < -0.39 is 6.10 Å². The molecule has 0 saturated carbocycles. The molecule has 184 valence electrons. The summed E-state index contributed by atoms with van der Waals surface area (Å²) in [6.07, 6.45) is 1.42. The van der Waals surface area contributed by atoms with E-state index in [0.29, 0.717) is 27.9 Å². The number of nitrogens with zero attached hydrogens (tertiary/aromatic N) is 2. The van der Waals surface area contributed by atoms with Crippen LogP contribution in [0.2, 0.25) is 5.02 Å². The lowest BCUT2D eigenvalue weighted by molar-refractivity contribution is -0.125. The van der Waals surface area contributed by atoms with Crippen LogP contribution >= 0.6 is 24.0 Å². The highest BCUT2D eigenvalue weighted by atomic mass is 35.5. The van der Waals surface area contributed by atoms with Crippen LogP contribution < -0.4 is 15.0 Å². The fraction of sp³-hybridized carbons (Fsp3) is 0.417. The van der Waals surface area contributed by atoms with Crippen molar-refractivity contribution in [1.29, 1.82) is 0 Å². The van der Waals surface area contributed by atoms with Crippen LogP contribution in [0.25, 0.3) is 0 Å². The van der Waals surface area contributed by atoms with Crippen LogP contribution in [0.5, 0.6) is 5.75 Å². The van der Waals surface area contributed by atoms with Crippen molar-refractivity contribution in [3.63, 3.8) is 0 Å². The summed E-state index contributed by atoms with van der Waals surface area (Å²) < 4.78 is 19.2. The topological polar surface area (TPSA) is 93.4 Å². The first kappa shape index (κ1) is 26.2. The number of fused-ring (bicyclic) bond motifs is 4. The second-order valence-corrected chi connectivity index (χ2v) is 9.27. The van der Waals surface area contributed by atoms with Gasteiger partial charge < -0.3 is 25.3 Å². The highest BCUT2D eigenvalue weighted by Crippen LogP contribution is 2.41. The number of nitrogens with one attached hydrogen (secondary N) is 1. The molecule has 2 bridgehead atoms. The minimum Gasteiger partial charge on any atom is -0.478 e. The van der Waals surface area contributed by atoms with Crippen LogP contribution in [-0.4, -0.2) is 54.0 Å². The van der Waals surface area contributed by atoms with Crippen molar-refractivity contribution in [2.75, 3.05) is 24.5 Å². The molecular weight excluding hydrogens is 484 g/mol. The number of carbonyl (C=O) groups excluding carboxylic acids is 2. The van der Waals surface area contributed by atoms with E-state index in [1.165, 1.54) is 12.1 Å². The van der Waals surface area contributed by atoms with Crippen molar-refractivity contribution in [3.8, 4) is 5.75 Å². The zero-order chi connectivity index (χ0) is 22.4. The molecule has 0 spiro atoms. The Morgan fingerprint density at radius 1 is 1.21 bits per heavy atom. The van der Waals surface area contributed by atoms with E-state index >= 15 is 0 Å². The third-order valence-electron chi connectivity index (χ3n) is 6.70. The van der Waals surface area contributed by atoms with Gasteiger partial charge in [0.15, 0.2) is 11.9 Å². The maximum Gasteiger partial charge on any atom is 0.268 e. The van der Waals surface area contributed by atoms with Gasteiger partial charge in [-0.2, -0.15) is 0 Å². The molecule has 0 aromatic heterocycles. The van der Waals surface area contributed by atoms with Gasteiger partial charge in [-0.3, -0.25) is 9.59 Å². The molecule has 2 unspecified atom stereocenters. The zero-order valence-corrected chi connectivity index (χ0v) is 20.3. The van der Waals surface area contributed by atoms with E-state index in [0.717, 1.165) is 38.0 Å². The SMILES string of the molecule is CC1Oc2c(C(=O)NC3CN4CCC3CC4)cc(Cl)cc2N(Cc2ccc(F)cc2)C1=O.Cl.O. The molecule has 2 aromatic rings. The molecule has 4 heterocycles. The summed E-state index contributed by atoms with van der Waals surface area (Å²) in [5, 5.41) is 3.52. The van der Waals surface area contributed by atoms with Crippen LogP contribution in [-0.2, 0) is 11.3 Å². The first-order valence-corrected chi connectivity index (χ1v) is 11.4. The summed E-state index contributed by atoms with van der Waals surface area (Å²) in [4.78, 5) is 30.1. The second-order valence-electron chi connectivity index (χ2n) is 8.83. The summed E-state index contributed by atoms with van der Waals surface area (Å²) in [6, 6.07) is 9.30. The van der Waals surface area contributed by atoms with Crippen LogP contribution in [0.1, 0.15) is 35.7 Å². The van der Waals surface area contributed by atoms with Crippen molar-refractivity contribution in [2.45, 2.75) is 38.5 Å². The Morgan fingerprint density at radius 3 is 2.50 bits per heavy atom. The zero-order valence-electron chi connectivity index (χ0n) is 18.7. The minimum atomic E-state index is -0.757. The second kappa shape index (κ2) is 10.5. The lowest BCUT2D eigenvalue weighted by Crippen LogP contribution is -2.57. The molecule has 0 aliphatic carbocycles. The molecule has 3 N–H and O–H groups in total. The lowest BCUT2D eigenvalue weighted by Gasteiger charge is -2.45. The number of piperidine rings is 3. The standard InChI is InChI=1S/C24H25ClFN3O3.ClH.H2O/c1-14-24(31)29(12-15-2-4-18(26)5-3-15)21-11-17(25)10-19(22(21)32-14)23(30)27-20-13-28-8-6-16(20)7-9-28;;/h2-5,10-11,14,16,20H,6-9,12-13H2,1H3,(H,27,30);1H;1H2. The van der Waals surface area contributed by atoms with Crippen molar-refractivity contribution >= 4 is 41.5 Å². The number of rotatable bonds is 4. The molecule has 4 aliphatic rings. The third-order valence-corrected chi connectivity index (χ3v) is 6.92. The number of halogens is 3. The van der Waals surface area contributed by atoms with Crippen LogP contribution in [0.15, 0.2) is 36.4 Å². The Kier molecular flexibility index (Phi) is 8.08. The molecule has 6 rings (SSSR count).